The molecule has 0 bridgehead atoms. The normalized spacial score (nSPS) is 15.1. The lowest BCUT2D eigenvalue weighted by atomic mass is 10.1. The number of rotatable bonds is 5. The van der Waals surface area contributed by atoms with Gasteiger partial charge in [0.1, 0.15) is 5.69 Å². The number of anilines is 1. The van der Waals surface area contributed by atoms with Gasteiger partial charge in [0.15, 0.2) is 0 Å². The van der Waals surface area contributed by atoms with E-state index in [4.69, 9.17) is 0 Å². The van der Waals surface area contributed by atoms with Gasteiger partial charge in [-0.3, -0.25) is 30.6 Å². The Kier molecular flexibility index (Phi) is 4.53. The van der Waals surface area contributed by atoms with Gasteiger partial charge in [0.25, 0.3) is 17.5 Å². The first-order valence-corrected chi connectivity index (χ1v) is 9.60. The van der Waals surface area contributed by atoms with Crippen molar-refractivity contribution in [3.63, 3.8) is 0 Å². The van der Waals surface area contributed by atoms with Crippen LogP contribution in [-0.4, -0.2) is 22.8 Å². The van der Waals surface area contributed by atoms with Gasteiger partial charge in [-0.2, -0.15) is 0 Å². The van der Waals surface area contributed by atoms with Crippen LogP contribution in [0.15, 0.2) is 24.3 Å². The average molecular weight is 386 g/mol. The van der Waals surface area contributed by atoms with Gasteiger partial charge < -0.3 is 5.32 Å². The second-order valence-corrected chi connectivity index (χ2v) is 7.87. The molecule has 0 atom stereocenters. The van der Waals surface area contributed by atoms with Crippen molar-refractivity contribution in [2.75, 3.05) is 5.32 Å². The van der Waals surface area contributed by atoms with Crippen molar-refractivity contribution in [3.8, 4) is 0 Å². The molecule has 2 amide bonds. The minimum Gasteiger partial charge on any atom is -0.377 e. The number of nitrogens with one attached hydrogen (secondary N) is 3. The van der Waals surface area contributed by atoms with Crippen molar-refractivity contribution in [1.29, 1.82) is 0 Å². The molecule has 0 radical (unpaired) electrons. The van der Waals surface area contributed by atoms with Gasteiger partial charge in [-0.05, 0) is 55.9 Å². The number of nitrogens with zero attached hydrogens (tertiary/aromatic N) is 1. The minimum absolute atomic E-state index is 0.108. The van der Waals surface area contributed by atoms with E-state index in [1.807, 2.05) is 6.07 Å². The van der Waals surface area contributed by atoms with Crippen molar-refractivity contribution in [1.82, 2.24) is 10.9 Å². The standard InChI is InChI=1S/C18H18N4O4S/c23-17(20-21-18(24)16-9-10-2-1-3-15(10)27-16)11-4-7-13(19-12-5-6-12)14(8-11)22(25)26/h4,7-9,12,19H,1-3,5-6H2,(H,20,23)(H,21,24). The molecule has 4 rings (SSSR count). The lowest BCUT2D eigenvalue weighted by molar-refractivity contribution is -0.384. The van der Waals surface area contributed by atoms with E-state index in [1.165, 1.54) is 40.0 Å². The smallest absolute Gasteiger partial charge is 0.293 e. The topological polar surface area (TPSA) is 113 Å². The number of nitro benzene ring substituents is 1. The Bertz CT molecular complexity index is 914. The number of hydrogen-bond acceptors (Lipinski definition) is 6. The van der Waals surface area contributed by atoms with E-state index in [1.54, 1.807) is 0 Å². The molecule has 2 aliphatic carbocycles. The molecule has 0 saturated heterocycles. The predicted octanol–water partition coefficient (Wildman–Crippen LogP) is 2.79. The van der Waals surface area contributed by atoms with Crippen LogP contribution < -0.4 is 16.2 Å². The van der Waals surface area contributed by atoms with E-state index in [2.05, 4.69) is 16.2 Å². The summed E-state index contributed by atoms with van der Waals surface area (Å²) in [6.07, 6.45) is 5.06. The van der Waals surface area contributed by atoms with Crippen LogP contribution in [0.1, 0.15) is 49.7 Å². The Morgan fingerprint density at radius 2 is 1.89 bits per heavy atom. The summed E-state index contributed by atoms with van der Waals surface area (Å²) < 4.78 is 0. The highest BCUT2D eigenvalue weighted by Crippen LogP contribution is 2.32. The Morgan fingerprint density at radius 3 is 2.59 bits per heavy atom. The first-order chi connectivity index (χ1) is 13.0. The highest BCUT2D eigenvalue weighted by Gasteiger charge is 2.26. The highest BCUT2D eigenvalue weighted by molar-refractivity contribution is 7.14. The summed E-state index contributed by atoms with van der Waals surface area (Å²) in [4.78, 5) is 37.0. The molecule has 9 heteroatoms. The quantitative estimate of drug-likeness (QED) is 0.540. The predicted molar refractivity (Wildman–Crippen MR) is 101 cm³/mol. The number of carbonyl (C=O) groups excluding carboxylic acids is 2. The molecule has 0 unspecified atom stereocenters. The van der Waals surface area contributed by atoms with Crippen LogP contribution in [0.5, 0.6) is 0 Å². The van der Waals surface area contributed by atoms with Crippen molar-refractivity contribution < 1.29 is 14.5 Å². The van der Waals surface area contributed by atoms with Gasteiger partial charge in [0.2, 0.25) is 0 Å². The number of amides is 2. The van der Waals surface area contributed by atoms with Crippen molar-refractivity contribution in [2.45, 2.75) is 38.1 Å². The highest BCUT2D eigenvalue weighted by atomic mass is 32.1. The number of carbonyl (C=O) groups is 2. The minimum atomic E-state index is -0.603. The SMILES string of the molecule is O=C(NNC(=O)c1cc2c(s1)CCC2)c1ccc(NC2CC2)c([N+](=O)[O-])c1. The molecule has 0 aliphatic heterocycles. The fourth-order valence-corrected chi connectivity index (χ4v) is 4.23. The largest absolute Gasteiger partial charge is 0.377 e. The second kappa shape index (κ2) is 6.99. The summed E-state index contributed by atoms with van der Waals surface area (Å²) >= 11 is 1.44. The first-order valence-electron chi connectivity index (χ1n) is 8.78. The molecule has 1 fully saturated rings. The number of thiophene rings is 1. The van der Waals surface area contributed by atoms with Gasteiger partial charge in [0, 0.05) is 22.5 Å². The number of aryl methyl sites for hydroxylation is 2. The molecular formula is C18H18N4O4S. The number of hydrogen-bond donors (Lipinski definition) is 3. The molecule has 27 heavy (non-hydrogen) atoms. The fraction of sp³-hybridized carbons (Fsp3) is 0.333. The summed E-state index contributed by atoms with van der Waals surface area (Å²) in [5.41, 5.74) is 6.25. The lowest BCUT2D eigenvalue weighted by Gasteiger charge is -2.09. The maximum atomic E-state index is 12.3. The summed E-state index contributed by atoms with van der Waals surface area (Å²) in [6, 6.07) is 6.36. The van der Waals surface area contributed by atoms with E-state index < -0.39 is 10.8 Å². The van der Waals surface area contributed by atoms with E-state index in [-0.39, 0.29) is 23.2 Å². The van der Waals surface area contributed by atoms with Crippen LogP contribution in [0.3, 0.4) is 0 Å². The Hall–Kier alpha value is -2.94. The summed E-state index contributed by atoms with van der Waals surface area (Å²) in [5.74, 6) is -0.988. The van der Waals surface area contributed by atoms with Crippen LogP contribution in [-0.2, 0) is 12.8 Å². The first kappa shape index (κ1) is 17.5. The van der Waals surface area contributed by atoms with Gasteiger partial charge in [0.05, 0.1) is 9.80 Å². The molecule has 2 aliphatic rings. The third-order valence-electron chi connectivity index (χ3n) is 4.65. The second-order valence-electron chi connectivity index (χ2n) is 6.73. The van der Waals surface area contributed by atoms with Crippen molar-refractivity contribution >= 4 is 34.5 Å². The van der Waals surface area contributed by atoms with Gasteiger partial charge in [-0.15, -0.1) is 11.3 Å². The lowest BCUT2D eigenvalue weighted by Crippen LogP contribution is -2.41. The Labute approximate surface area is 159 Å². The molecule has 0 spiro atoms. The van der Waals surface area contributed by atoms with E-state index >= 15 is 0 Å². The number of nitro groups is 1. The number of fused-ring (bicyclic) bond motifs is 1. The van der Waals surface area contributed by atoms with Crippen LogP contribution in [0.2, 0.25) is 0 Å². The molecule has 1 aromatic carbocycles. The van der Waals surface area contributed by atoms with Crippen LogP contribution >= 0.6 is 11.3 Å². The molecule has 2 aromatic rings. The Balaban J connectivity index is 1.41. The van der Waals surface area contributed by atoms with Crippen molar-refractivity contribution in [2.24, 2.45) is 0 Å². The zero-order valence-corrected chi connectivity index (χ0v) is 15.2. The summed E-state index contributed by atoms with van der Waals surface area (Å²) in [5, 5.41) is 14.4. The van der Waals surface area contributed by atoms with Gasteiger partial charge in [-0.25, -0.2) is 0 Å². The van der Waals surface area contributed by atoms with Gasteiger partial charge in [-0.1, -0.05) is 0 Å². The fourth-order valence-electron chi connectivity index (χ4n) is 3.08. The monoisotopic (exact) mass is 386 g/mol. The molecule has 8 nitrogen and oxygen atoms in total. The maximum Gasteiger partial charge on any atom is 0.293 e. The zero-order chi connectivity index (χ0) is 19.0. The van der Waals surface area contributed by atoms with Crippen LogP contribution in [0, 0.1) is 10.1 Å². The molecular weight excluding hydrogens is 368 g/mol. The maximum absolute atomic E-state index is 12.3. The van der Waals surface area contributed by atoms with Gasteiger partial charge >= 0.3 is 0 Å². The third kappa shape index (κ3) is 3.77. The van der Waals surface area contributed by atoms with E-state index in [9.17, 15) is 19.7 Å². The van der Waals surface area contributed by atoms with E-state index in [0.29, 0.717) is 10.6 Å². The molecule has 3 N–H and O–H groups in total. The van der Waals surface area contributed by atoms with Crippen LogP contribution in [0.25, 0.3) is 0 Å². The molecule has 1 saturated carbocycles. The summed E-state index contributed by atoms with van der Waals surface area (Å²) in [6.45, 7) is 0. The number of benzene rings is 1. The van der Waals surface area contributed by atoms with Crippen LogP contribution in [0.4, 0.5) is 11.4 Å². The molecule has 1 aromatic heterocycles. The Morgan fingerprint density at radius 1 is 1.11 bits per heavy atom. The molecule has 140 valence electrons. The average Bonchev–Trinajstić information content (AvgIpc) is 3.20. The zero-order valence-electron chi connectivity index (χ0n) is 14.4. The van der Waals surface area contributed by atoms with Crippen molar-refractivity contribution in [3.05, 3.63) is 55.3 Å². The number of hydrazine groups is 1. The molecule has 1 heterocycles. The third-order valence-corrected chi connectivity index (χ3v) is 5.89. The summed E-state index contributed by atoms with van der Waals surface area (Å²) in [7, 11) is 0. The van der Waals surface area contributed by atoms with E-state index in [0.717, 1.165) is 32.1 Å².